The van der Waals surface area contributed by atoms with Crippen LogP contribution in [0.5, 0.6) is 0 Å². The van der Waals surface area contributed by atoms with E-state index in [1.807, 2.05) is 0 Å². The first-order valence-corrected chi connectivity index (χ1v) is 6.13. The van der Waals surface area contributed by atoms with Gasteiger partial charge in [0.25, 0.3) is 0 Å². The first-order chi connectivity index (χ1) is 6.91. The molecular weight excluding hydrogens is 232 g/mol. The van der Waals surface area contributed by atoms with E-state index in [-0.39, 0.29) is 5.41 Å². The molecule has 0 unspecified atom stereocenters. The molecule has 0 bridgehead atoms. The first kappa shape index (κ1) is 11.0. The lowest BCUT2D eigenvalue weighted by molar-refractivity contribution is 0.0695. The Bertz CT molecular complexity index is 420. The second-order valence-electron chi connectivity index (χ2n) is 4.80. The average Bonchev–Trinajstić information content (AvgIpc) is 2.37. The second kappa shape index (κ2) is 3.49. The van der Waals surface area contributed by atoms with Crippen molar-refractivity contribution in [2.75, 3.05) is 0 Å². The lowest BCUT2D eigenvalue weighted by Gasteiger charge is -2.29. The summed E-state index contributed by atoms with van der Waals surface area (Å²) in [7, 11) is 0. The van der Waals surface area contributed by atoms with Gasteiger partial charge in [-0.25, -0.2) is 4.79 Å². The van der Waals surface area contributed by atoms with Crippen LogP contribution in [0.15, 0.2) is 0 Å². The van der Waals surface area contributed by atoms with Gasteiger partial charge in [0.2, 0.25) is 0 Å². The molecule has 1 heterocycles. The van der Waals surface area contributed by atoms with Crippen LogP contribution in [0.25, 0.3) is 0 Å². The Morgan fingerprint density at radius 3 is 2.80 bits per heavy atom. The molecule has 0 amide bonds. The molecule has 0 aliphatic heterocycles. The maximum Gasteiger partial charge on any atom is 0.338 e. The molecule has 2 nitrogen and oxygen atoms in total. The van der Waals surface area contributed by atoms with Crippen LogP contribution in [0.2, 0.25) is 4.34 Å². The summed E-state index contributed by atoms with van der Waals surface area (Å²) in [6, 6.07) is 0. The predicted octanol–water partition coefficient (Wildman–Crippen LogP) is 3.61. The quantitative estimate of drug-likeness (QED) is 0.819. The summed E-state index contributed by atoms with van der Waals surface area (Å²) in [5, 5.41) is 9.06. The van der Waals surface area contributed by atoms with Gasteiger partial charge in [0.1, 0.15) is 4.34 Å². The standard InChI is InChI=1S/C11H13ClO2S/c1-11(2)4-3-6-7(5-11)15-9(12)8(6)10(13)14/h3-5H2,1-2H3,(H,13,14). The van der Waals surface area contributed by atoms with Crippen LogP contribution in [-0.4, -0.2) is 11.1 Å². The molecular formula is C11H13ClO2S. The van der Waals surface area contributed by atoms with E-state index in [1.165, 1.54) is 11.3 Å². The van der Waals surface area contributed by atoms with Crippen molar-refractivity contribution in [3.8, 4) is 0 Å². The van der Waals surface area contributed by atoms with E-state index in [1.54, 1.807) is 0 Å². The number of carboxylic acid groups (broad SMARTS) is 1. The van der Waals surface area contributed by atoms with E-state index < -0.39 is 5.97 Å². The molecule has 15 heavy (non-hydrogen) atoms. The molecule has 0 spiro atoms. The van der Waals surface area contributed by atoms with Crippen LogP contribution in [0.1, 0.15) is 41.1 Å². The third-order valence-corrected chi connectivity index (χ3v) is 4.39. The Balaban J connectivity index is 2.48. The molecule has 1 aromatic heterocycles. The maximum absolute atomic E-state index is 11.0. The molecule has 4 heteroatoms. The minimum absolute atomic E-state index is 0.275. The summed E-state index contributed by atoms with van der Waals surface area (Å²) in [5.41, 5.74) is 1.58. The highest BCUT2D eigenvalue weighted by Crippen LogP contribution is 2.43. The van der Waals surface area contributed by atoms with E-state index in [0.717, 1.165) is 29.7 Å². The van der Waals surface area contributed by atoms with E-state index in [4.69, 9.17) is 16.7 Å². The van der Waals surface area contributed by atoms with Crippen molar-refractivity contribution in [2.24, 2.45) is 5.41 Å². The zero-order valence-electron chi connectivity index (χ0n) is 8.76. The minimum Gasteiger partial charge on any atom is -0.478 e. The van der Waals surface area contributed by atoms with Crippen molar-refractivity contribution in [1.82, 2.24) is 0 Å². The first-order valence-electron chi connectivity index (χ1n) is 4.94. The molecule has 1 aliphatic rings. The van der Waals surface area contributed by atoms with Crippen molar-refractivity contribution < 1.29 is 9.90 Å². The molecule has 1 N–H and O–H groups in total. The van der Waals surface area contributed by atoms with E-state index >= 15 is 0 Å². The van der Waals surface area contributed by atoms with Gasteiger partial charge in [0.05, 0.1) is 5.56 Å². The van der Waals surface area contributed by atoms with Crippen LogP contribution >= 0.6 is 22.9 Å². The zero-order valence-corrected chi connectivity index (χ0v) is 10.3. The molecule has 0 radical (unpaired) electrons. The summed E-state index contributed by atoms with van der Waals surface area (Å²) in [6.45, 7) is 4.42. The van der Waals surface area contributed by atoms with Crippen molar-refractivity contribution in [1.29, 1.82) is 0 Å². The van der Waals surface area contributed by atoms with E-state index in [9.17, 15) is 4.79 Å². The van der Waals surface area contributed by atoms with E-state index in [2.05, 4.69) is 13.8 Å². The fraction of sp³-hybridized carbons (Fsp3) is 0.545. The molecule has 0 saturated carbocycles. The molecule has 82 valence electrons. The molecule has 1 aromatic rings. The highest BCUT2D eigenvalue weighted by molar-refractivity contribution is 7.16. The van der Waals surface area contributed by atoms with Gasteiger partial charge in [-0.3, -0.25) is 0 Å². The number of halogens is 1. The fourth-order valence-electron chi connectivity index (χ4n) is 2.09. The summed E-state index contributed by atoms with van der Waals surface area (Å²) in [6.07, 6.45) is 2.82. The molecule has 1 aliphatic carbocycles. The van der Waals surface area contributed by atoms with Gasteiger partial charge in [-0.2, -0.15) is 0 Å². The Kier molecular flexibility index (Phi) is 2.55. The van der Waals surface area contributed by atoms with Gasteiger partial charge in [0, 0.05) is 4.88 Å². The number of carboxylic acids is 1. The largest absolute Gasteiger partial charge is 0.478 e. The topological polar surface area (TPSA) is 37.3 Å². The lowest BCUT2D eigenvalue weighted by Crippen LogP contribution is -2.21. The number of hydrogen-bond donors (Lipinski definition) is 1. The maximum atomic E-state index is 11.0. The highest BCUT2D eigenvalue weighted by atomic mass is 35.5. The Labute approximate surface area is 97.9 Å². The van der Waals surface area contributed by atoms with Crippen LogP contribution < -0.4 is 0 Å². The normalized spacial score (nSPS) is 18.6. The lowest BCUT2D eigenvalue weighted by atomic mass is 9.77. The Morgan fingerprint density at radius 2 is 2.20 bits per heavy atom. The number of hydrogen-bond acceptors (Lipinski definition) is 2. The van der Waals surface area contributed by atoms with Crippen molar-refractivity contribution in [2.45, 2.75) is 33.1 Å². The number of rotatable bonds is 1. The number of aromatic carboxylic acids is 1. The van der Waals surface area contributed by atoms with Gasteiger partial charge in [-0.15, -0.1) is 11.3 Å². The summed E-state index contributed by atoms with van der Waals surface area (Å²) < 4.78 is 0.435. The molecule has 0 atom stereocenters. The van der Waals surface area contributed by atoms with Gasteiger partial charge < -0.3 is 5.11 Å². The van der Waals surface area contributed by atoms with Crippen molar-refractivity contribution in [3.63, 3.8) is 0 Å². The third-order valence-electron chi connectivity index (χ3n) is 2.95. The SMILES string of the molecule is CC1(C)CCc2c(sc(Cl)c2C(=O)O)C1. The van der Waals surface area contributed by atoms with Gasteiger partial charge in [-0.1, -0.05) is 25.4 Å². The van der Waals surface area contributed by atoms with Crippen LogP contribution in [0, 0.1) is 5.41 Å². The summed E-state index contributed by atoms with van der Waals surface area (Å²) >= 11 is 7.39. The Hall–Kier alpha value is -0.540. The Morgan fingerprint density at radius 1 is 1.53 bits per heavy atom. The molecule has 2 rings (SSSR count). The molecule has 0 aromatic carbocycles. The third kappa shape index (κ3) is 1.91. The van der Waals surface area contributed by atoms with Crippen LogP contribution in [-0.2, 0) is 12.8 Å². The molecule has 0 saturated heterocycles. The van der Waals surface area contributed by atoms with Crippen LogP contribution in [0.3, 0.4) is 0 Å². The zero-order chi connectivity index (χ0) is 11.2. The number of fused-ring (bicyclic) bond motifs is 1. The van der Waals surface area contributed by atoms with E-state index in [0.29, 0.717) is 9.90 Å². The van der Waals surface area contributed by atoms with Crippen molar-refractivity contribution >= 4 is 28.9 Å². The number of carbonyl (C=O) groups is 1. The number of thiophene rings is 1. The second-order valence-corrected chi connectivity index (χ2v) is 6.51. The summed E-state index contributed by atoms with van der Waals surface area (Å²) in [5.74, 6) is -0.891. The van der Waals surface area contributed by atoms with Crippen molar-refractivity contribution in [3.05, 3.63) is 20.3 Å². The monoisotopic (exact) mass is 244 g/mol. The minimum atomic E-state index is -0.891. The van der Waals surface area contributed by atoms with Gasteiger partial charge in [0.15, 0.2) is 0 Å². The van der Waals surface area contributed by atoms with Gasteiger partial charge in [-0.05, 0) is 30.2 Å². The van der Waals surface area contributed by atoms with Crippen LogP contribution in [0.4, 0.5) is 0 Å². The summed E-state index contributed by atoms with van der Waals surface area (Å²) in [4.78, 5) is 12.2. The highest BCUT2D eigenvalue weighted by Gasteiger charge is 2.31. The average molecular weight is 245 g/mol. The predicted molar refractivity (Wildman–Crippen MR) is 62.1 cm³/mol. The smallest absolute Gasteiger partial charge is 0.338 e. The molecule has 0 fully saturated rings. The van der Waals surface area contributed by atoms with Gasteiger partial charge >= 0.3 is 5.97 Å². The fourth-order valence-corrected chi connectivity index (χ4v) is 3.88.